The average Bonchev–Trinajstić information content (AvgIpc) is 3.82. The lowest BCUT2D eigenvalue weighted by Crippen LogP contribution is -2.38. The Morgan fingerprint density at radius 2 is 1.86 bits per heavy atom. The van der Waals surface area contributed by atoms with Crippen molar-refractivity contribution in [2.45, 2.75) is 86.1 Å². The molecule has 6 heteroatoms. The van der Waals surface area contributed by atoms with Crippen LogP contribution in [0.1, 0.15) is 78.4 Å². The maximum atomic E-state index is 13.8. The number of halogens is 1. The number of amides is 2. The molecule has 1 aliphatic heterocycles. The van der Waals surface area contributed by atoms with E-state index in [0.717, 1.165) is 41.7 Å². The normalized spacial score (nSPS) is 18.2. The summed E-state index contributed by atoms with van der Waals surface area (Å²) in [5.41, 5.74) is 12.7. The van der Waals surface area contributed by atoms with E-state index in [1.165, 1.54) is 42.7 Å². The number of hydrogen-bond acceptors (Lipinski definition) is 3. The third kappa shape index (κ3) is 8.43. The first-order valence-electron chi connectivity index (χ1n) is 15.3. The molecule has 0 spiro atoms. The molecule has 1 aromatic rings. The number of aryl methyl sites for hydroxylation is 2. The topological polar surface area (TPSA) is 66.6 Å². The molecule has 1 aromatic carbocycles. The zero-order chi connectivity index (χ0) is 31.6. The Bertz CT molecular complexity index is 1270. The van der Waals surface area contributed by atoms with E-state index in [1.807, 2.05) is 45.1 Å². The van der Waals surface area contributed by atoms with Gasteiger partial charge in [-0.2, -0.15) is 0 Å². The summed E-state index contributed by atoms with van der Waals surface area (Å²) >= 11 is 0. The van der Waals surface area contributed by atoms with Crippen LogP contribution in [0.5, 0.6) is 0 Å². The van der Waals surface area contributed by atoms with Gasteiger partial charge in [0.15, 0.2) is 0 Å². The number of hydrogen-bond donors (Lipinski definition) is 1. The molecule has 2 unspecified atom stereocenters. The van der Waals surface area contributed by atoms with Crippen molar-refractivity contribution >= 4 is 17.5 Å². The minimum Gasteiger partial charge on any atom is -0.369 e. The van der Waals surface area contributed by atoms with Gasteiger partial charge in [0.1, 0.15) is 5.83 Å². The van der Waals surface area contributed by atoms with Crippen molar-refractivity contribution in [3.63, 3.8) is 0 Å². The Morgan fingerprint density at radius 1 is 1.19 bits per heavy atom. The second-order valence-corrected chi connectivity index (χ2v) is 10.8. The Hall–Kier alpha value is -3.67. The number of primary amides is 1. The van der Waals surface area contributed by atoms with E-state index >= 15 is 0 Å². The number of allylic oxidation sites excluding steroid dienone is 6. The molecule has 0 bridgehead atoms. The standard InChI is InChI=1S/C18H26N2O2.C16H18FN.C2H6/c1-5-8-16-9-10-17(11-14(16)6-2)20(13(4)21)12-15(7-3)18(19)22;1-4-12-9-18(13-5-6-13)16-7-10(2)15(17)8-14(16)11(12)3;1-2/h7,9-11,15H,3,5-6,8,12H2,1-2,4H3,(H2,19,22);4,7,9,13-14H,1,3,5-6,8H2,2H3;1-2H3. The van der Waals surface area contributed by atoms with Crippen LogP contribution in [0.3, 0.4) is 0 Å². The van der Waals surface area contributed by atoms with Gasteiger partial charge in [0.2, 0.25) is 11.8 Å². The second kappa shape index (κ2) is 16.1. The third-order valence-corrected chi connectivity index (χ3v) is 7.87. The smallest absolute Gasteiger partial charge is 0.226 e. The Kier molecular flexibility index (Phi) is 13.2. The summed E-state index contributed by atoms with van der Waals surface area (Å²) < 4.78 is 13.8. The van der Waals surface area contributed by atoms with Crippen LogP contribution >= 0.6 is 0 Å². The summed E-state index contributed by atoms with van der Waals surface area (Å²) in [4.78, 5) is 27.3. The summed E-state index contributed by atoms with van der Waals surface area (Å²) in [7, 11) is 0. The molecule has 0 radical (unpaired) electrons. The van der Waals surface area contributed by atoms with Gasteiger partial charge in [0.25, 0.3) is 0 Å². The molecular formula is C36H50FN3O2. The third-order valence-electron chi connectivity index (χ3n) is 7.87. The number of rotatable bonds is 10. The molecule has 228 valence electrons. The number of carbonyl (C=O) groups is 2. The van der Waals surface area contributed by atoms with E-state index < -0.39 is 11.8 Å². The van der Waals surface area contributed by atoms with Gasteiger partial charge in [-0.15, -0.1) is 6.58 Å². The molecule has 1 heterocycles. The predicted octanol–water partition coefficient (Wildman–Crippen LogP) is 8.11. The average molecular weight is 576 g/mol. The van der Waals surface area contributed by atoms with E-state index in [2.05, 4.69) is 50.8 Å². The highest BCUT2D eigenvalue weighted by atomic mass is 19.1. The maximum absolute atomic E-state index is 13.8. The molecule has 2 atom stereocenters. The Labute approximate surface area is 253 Å². The number of nitrogens with two attached hydrogens (primary N) is 1. The first-order chi connectivity index (χ1) is 20.1. The van der Waals surface area contributed by atoms with Crippen molar-refractivity contribution in [1.29, 1.82) is 0 Å². The highest BCUT2D eigenvalue weighted by Crippen LogP contribution is 2.46. The van der Waals surface area contributed by atoms with E-state index in [0.29, 0.717) is 12.5 Å². The van der Waals surface area contributed by atoms with Crippen LogP contribution in [0.2, 0.25) is 0 Å². The number of benzene rings is 1. The molecule has 2 N–H and O–H groups in total. The molecule has 5 nitrogen and oxygen atoms in total. The van der Waals surface area contributed by atoms with Gasteiger partial charge in [-0.25, -0.2) is 4.39 Å². The summed E-state index contributed by atoms with van der Waals surface area (Å²) in [6.45, 7) is 23.4. The fourth-order valence-electron chi connectivity index (χ4n) is 5.28. The molecule has 0 saturated heterocycles. The molecule has 4 rings (SSSR count). The summed E-state index contributed by atoms with van der Waals surface area (Å²) in [5.74, 6) is -1.06. The van der Waals surface area contributed by atoms with Crippen molar-refractivity contribution in [2.75, 3.05) is 11.4 Å². The van der Waals surface area contributed by atoms with E-state index in [1.54, 1.807) is 4.90 Å². The molecule has 1 saturated carbocycles. The van der Waals surface area contributed by atoms with Crippen molar-refractivity contribution in [3.05, 3.63) is 102 Å². The Balaban J connectivity index is 0.000000281. The van der Waals surface area contributed by atoms with E-state index in [9.17, 15) is 14.0 Å². The van der Waals surface area contributed by atoms with Crippen LogP contribution in [0.25, 0.3) is 0 Å². The monoisotopic (exact) mass is 575 g/mol. The van der Waals surface area contributed by atoms with Crippen LogP contribution in [0.4, 0.5) is 10.1 Å². The summed E-state index contributed by atoms with van der Waals surface area (Å²) in [5, 5.41) is 0. The Morgan fingerprint density at radius 3 is 2.36 bits per heavy atom. The molecule has 42 heavy (non-hydrogen) atoms. The quantitative estimate of drug-likeness (QED) is 0.287. The minimum atomic E-state index is -0.552. The van der Waals surface area contributed by atoms with Crippen molar-refractivity contribution in [3.8, 4) is 0 Å². The molecule has 3 aliphatic rings. The number of carbonyl (C=O) groups excluding carboxylic acids is 2. The molecule has 2 amide bonds. The van der Waals surface area contributed by atoms with E-state index in [-0.39, 0.29) is 24.2 Å². The first-order valence-corrected chi connectivity index (χ1v) is 15.3. The van der Waals surface area contributed by atoms with Gasteiger partial charge in [-0.1, -0.05) is 65.5 Å². The van der Waals surface area contributed by atoms with Crippen molar-refractivity contribution in [2.24, 2.45) is 17.6 Å². The van der Waals surface area contributed by atoms with Crippen LogP contribution in [-0.2, 0) is 22.4 Å². The van der Waals surface area contributed by atoms with Crippen LogP contribution in [0.15, 0.2) is 90.6 Å². The highest BCUT2D eigenvalue weighted by Gasteiger charge is 2.38. The molecule has 2 aliphatic carbocycles. The lowest BCUT2D eigenvalue weighted by atomic mass is 9.81. The molecular weight excluding hydrogens is 525 g/mol. The fourth-order valence-corrected chi connectivity index (χ4v) is 5.28. The second-order valence-electron chi connectivity index (χ2n) is 10.8. The molecule has 0 aromatic heterocycles. The van der Waals surface area contributed by atoms with E-state index in [4.69, 9.17) is 5.73 Å². The van der Waals surface area contributed by atoms with Gasteiger partial charge < -0.3 is 15.5 Å². The zero-order valence-corrected chi connectivity index (χ0v) is 26.5. The van der Waals surface area contributed by atoms with Gasteiger partial charge in [-0.3, -0.25) is 9.59 Å². The van der Waals surface area contributed by atoms with Crippen LogP contribution in [-0.4, -0.2) is 29.3 Å². The largest absolute Gasteiger partial charge is 0.369 e. The first kappa shape index (κ1) is 34.5. The summed E-state index contributed by atoms with van der Waals surface area (Å²) in [6, 6.07) is 6.64. The van der Waals surface area contributed by atoms with Crippen LogP contribution < -0.4 is 10.6 Å². The number of nitrogens with zero attached hydrogens (tertiary/aromatic N) is 2. The zero-order valence-electron chi connectivity index (χ0n) is 26.5. The van der Waals surface area contributed by atoms with Crippen molar-refractivity contribution in [1.82, 2.24) is 4.90 Å². The maximum Gasteiger partial charge on any atom is 0.226 e. The highest BCUT2D eigenvalue weighted by molar-refractivity contribution is 5.93. The van der Waals surface area contributed by atoms with Crippen molar-refractivity contribution < 1.29 is 14.0 Å². The van der Waals surface area contributed by atoms with Gasteiger partial charge in [0.05, 0.1) is 5.92 Å². The lowest BCUT2D eigenvalue weighted by molar-refractivity contribution is -0.120. The summed E-state index contributed by atoms with van der Waals surface area (Å²) in [6.07, 6.45) is 13.4. The fraction of sp³-hybridized carbons (Fsp3) is 0.444. The van der Waals surface area contributed by atoms with Gasteiger partial charge >= 0.3 is 0 Å². The number of fused-ring (bicyclic) bond motifs is 1. The predicted molar refractivity (Wildman–Crippen MR) is 174 cm³/mol. The van der Waals surface area contributed by atoms with Gasteiger partial charge in [0, 0.05) is 49.4 Å². The van der Waals surface area contributed by atoms with Crippen LogP contribution in [0, 0.1) is 11.8 Å². The molecule has 1 fully saturated rings. The minimum absolute atomic E-state index is 0.00837. The number of anilines is 1. The lowest BCUT2D eigenvalue weighted by Gasteiger charge is -2.38. The SMILES string of the molecule is C=CC(CN(C(C)=O)c1ccc(CCC)c(CC)c1)C(N)=O.C=CC1=CN(C2CC2)C2=CC(C)=C(F)CC2C1=C.CC. The van der Waals surface area contributed by atoms with Gasteiger partial charge in [-0.05, 0) is 78.7 Å².